The number of aromatic amines is 2. The smallest absolute Gasteiger partial charge is 0.221 e. The Morgan fingerprint density at radius 2 is 1.88 bits per heavy atom. The number of pyridine rings is 3. The molecule has 0 saturated carbocycles. The number of hydrogen-bond donors (Lipinski definition) is 3. The molecular weight excluding hydrogens is 430 g/mol. The van der Waals surface area contributed by atoms with Crippen LogP contribution in [0, 0.1) is 6.92 Å². The fraction of sp³-hybridized carbons (Fsp3) is 0.0833. The minimum Gasteiger partial charge on any atom is -0.338 e. The Balaban J connectivity index is 1.45. The molecule has 6 rings (SSSR count). The normalized spacial score (nSPS) is 11.4. The molecular formula is C24H19N9O. The highest BCUT2D eigenvalue weighted by Gasteiger charge is 2.16. The van der Waals surface area contributed by atoms with E-state index in [1.807, 2.05) is 42.0 Å². The lowest BCUT2D eigenvalue weighted by atomic mass is 10.1. The number of carbonyl (C=O) groups excluding carboxylic acids is 1. The van der Waals surface area contributed by atoms with E-state index in [0.717, 1.165) is 50.3 Å². The summed E-state index contributed by atoms with van der Waals surface area (Å²) in [6.45, 7) is 3.42. The van der Waals surface area contributed by atoms with Gasteiger partial charge in [0.25, 0.3) is 0 Å². The van der Waals surface area contributed by atoms with Crippen molar-refractivity contribution < 1.29 is 4.79 Å². The molecule has 34 heavy (non-hydrogen) atoms. The van der Waals surface area contributed by atoms with Gasteiger partial charge in [-0.1, -0.05) is 0 Å². The van der Waals surface area contributed by atoms with Gasteiger partial charge in [-0.2, -0.15) is 5.10 Å². The number of hydrogen-bond acceptors (Lipinski definition) is 6. The Hall–Kier alpha value is -4.86. The molecule has 6 heterocycles. The van der Waals surface area contributed by atoms with Crippen LogP contribution in [-0.4, -0.2) is 45.6 Å². The number of aromatic nitrogens is 8. The Morgan fingerprint density at radius 1 is 1.00 bits per heavy atom. The molecule has 0 aliphatic heterocycles. The van der Waals surface area contributed by atoms with Crippen LogP contribution < -0.4 is 5.32 Å². The lowest BCUT2D eigenvalue weighted by Crippen LogP contribution is -2.05. The van der Waals surface area contributed by atoms with E-state index in [4.69, 9.17) is 0 Å². The zero-order valence-electron chi connectivity index (χ0n) is 18.4. The van der Waals surface area contributed by atoms with Crippen LogP contribution in [0.5, 0.6) is 0 Å². The first-order valence-electron chi connectivity index (χ1n) is 10.6. The molecule has 0 bridgehead atoms. The van der Waals surface area contributed by atoms with Gasteiger partial charge in [-0.25, -0.2) is 15.0 Å². The second-order valence-electron chi connectivity index (χ2n) is 8.03. The van der Waals surface area contributed by atoms with Gasteiger partial charge < -0.3 is 14.9 Å². The third kappa shape index (κ3) is 3.37. The van der Waals surface area contributed by atoms with Crippen molar-refractivity contribution in [2.24, 2.45) is 0 Å². The first-order valence-corrected chi connectivity index (χ1v) is 10.6. The standard InChI is InChI=1S/C24H19N9O/c1-13-11-33(12-28-13)21-3-4-26-23-18(21)7-20(30-23)22-19-6-16(9-27-24(19)32-31-22)15-5-17(10-25-8-15)29-14(2)34/h3-12H,1-2H3,(H,26,30)(H,29,34)(H,27,31,32). The van der Waals surface area contributed by atoms with E-state index < -0.39 is 0 Å². The number of fused-ring (bicyclic) bond motifs is 2. The number of aryl methyl sites for hydroxylation is 1. The third-order valence-electron chi connectivity index (χ3n) is 5.56. The van der Waals surface area contributed by atoms with Crippen molar-refractivity contribution in [3.8, 4) is 28.2 Å². The fourth-order valence-corrected chi connectivity index (χ4v) is 4.05. The fourth-order valence-electron chi connectivity index (χ4n) is 4.05. The Kier molecular flexibility index (Phi) is 4.44. The molecule has 0 aromatic carbocycles. The topological polar surface area (TPSA) is 130 Å². The molecule has 0 unspecified atom stereocenters. The van der Waals surface area contributed by atoms with Crippen LogP contribution in [-0.2, 0) is 4.79 Å². The Labute approximate surface area is 193 Å². The van der Waals surface area contributed by atoms with Gasteiger partial charge in [0.2, 0.25) is 5.91 Å². The molecule has 1 amide bonds. The Bertz CT molecular complexity index is 1690. The molecule has 0 saturated heterocycles. The third-order valence-corrected chi connectivity index (χ3v) is 5.56. The van der Waals surface area contributed by atoms with E-state index in [-0.39, 0.29) is 5.91 Å². The Morgan fingerprint density at radius 3 is 2.71 bits per heavy atom. The molecule has 0 radical (unpaired) electrons. The second-order valence-corrected chi connectivity index (χ2v) is 8.03. The molecule has 0 aliphatic rings. The van der Waals surface area contributed by atoms with Crippen LogP contribution in [0.2, 0.25) is 0 Å². The van der Waals surface area contributed by atoms with Gasteiger partial charge in [0.15, 0.2) is 5.65 Å². The van der Waals surface area contributed by atoms with Gasteiger partial charge in [0.1, 0.15) is 11.3 Å². The van der Waals surface area contributed by atoms with Crippen molar-refractivity contribution in [3.63, 3.8) is 0 Å². The number of rotatable bonds is 4. The van der Waals surface area contributed by atoms with Gasteiger partial charge in [0.05, 0.1) is 35.3 Å². The highest BCUT2D eigenvalue weighted by Crippen LogP contribution is 2.32. The number of H-pyrrole nitrogens is 2. The number of anilines is 1. The largest absolute Gasteiger partial charge is 0.338 e. The maximum Gasteiger partial charge on any atom is 0.221 e. The lowest BCUT2D eigenvalue weighted by molar-refractivity contribution is -0.114. The summed E-state index contributed by atoms with van der Waals surface area (Å²) in [5, 5.41) is 12.1. The van der Waals surface area contributed by atoms with E-state index in [2.05, 4.69) is 40.4 Å². The lowest BCUT2D eigenvalue weighted by Gasteiger charge is -2.05. The maximum absolute atomic E-state index is 11.4. The van der Waals surface area contributed by atoms with Crippen LogP contribution in [0.4, 0.5) is 5.69 Å². The van der Waals surface area contributed by atoms with E-state index in [0.29, 0.717) is 11.3 Å². The molecule has 0 spiro atoms. The molecule has 0 atom stereocenters. The summed E-state index contributed by atoms with van der Waals surface area (Å²) in [4.78, 5) is 32.4. The molecule has 10 nitrogen and oxygen atoms in total. The highest BCUT2D eigenvalue weighted by molar-refractivity contribution is 5.97. The van der Waals surface area contributed by atoms with E-state index in [1.54, 1.807) is 31.1 Å². The molecule has 10 heteroatoms. The van der Waals surface area contributed by atoms with Gasteiger partial charge in [-0.3, -0.25) is 14.9 Å². The molecule has 0 aliphatic carbocycles. The SMILES string of the molecule is CC(=O)Nc1cncc(-c2cnc3[nH]nc(-c4cc5c(-n6cnc(C)c6)ccnc5[nH]4)c3c2)c1. The zero-order chi connectivity index (χ0) is 23.2. The van der Waals surface area contributed by atoms with Crippen LogP contribution in [0.1, 0.15) is 12.6 Å². The summed E-state index contributed by atoms with van der Waals surface area (Å²) < 4.78 is 1.98. The number of amides is 1. The number of imidazole rings is 1. The van der Waals surface area contributed by atoms with E-state index in [9.17, 15) is 4.79 Å². The summed E-state index contributed by atoms with van der Waals surface area (Å²) in [7, 11) is 0. The number of nitrogens with one attached hydrogen (secondary N) is 3. The van der Waals surface area contributed by atoms with Crippen LogP contribution >= 0.6 is 0 Å². The minimum absolute atomic E-state index is 0.151. The van der Waals surface area contributed by atoms with Crippen molar-refractivity contribution in [2.75, 3.05) is 5.32 Å². The van der Waals surface area contributed by atoms with E-state index in [1.165, 1.54) is 6.92 Å². The quantitative estimate of drug-likeness (QED) is 0.373. The van der Waals surface area contributed by atoms with Gasteiger partial charge in [-0.05, 0) is 31.2 Å². The molecule has 3 N–H and O–H groups in total. The van der Waals surface area contributed by atoms with Gasteiger partial charge in [0, 0.05) is 53.6 Å². The van der Waals surface area contributed by atoms with Crippen molar-refractivity contribution in [1.82, 2.24) is 39.7 Å². The number of nitrogens with zero attached hydrogens (tertiary/aromatic N) is 6. The second kappa shape index (κ2) is 7.62. The van der Waals surface area contributed by atoms with E-state index >= 15 is 0 Å². The molecule has 6 aromatic rings. The summed E-state index contributed by atoms with van der Waals surface area (Å²) >= 11 is 0. The predicted molar refractivity (Wildman–Crippen MR) is 128 cm³/mol. The zero-order valence-corrected chi connectivity index (χ0v) is 18.4. The molecule has 0 fully saturated rings. The summed E-state index contributed by atoms with van der Waals surface area (Å²) in [6, 6.07) is 7.87. The molecule has 166 valence electrons. The number of carbonyl (C=O) groups is 1. The predicted octanol–water partition coefficient (Wildman–Crippen LogP) is 4.02. The summed E-state index contributed by atoms with van der Waals surface area (Å²) in [6.07, 6.45) is 10.6. The first-order chi connectivity index (χ1) is 16.5. The van der Waals surface area contributed by atoms with Crippen LogP contribution in [0.25, 0.3) is 50.3 Å². The monoisotopic (exact) mass is 449 g/mol. The summed E-state index contributed by atoms with van der Waals surface area (Å²) in [5.41, 5.74) is 7.22. The van der Waals surface area contributed by atoms with Gasteiger partial charge >= 0.3 is 0 Å². The van der Waals surface area contributed by atoms with Crippen molar-refractivity contribution in [3.05, 3.63) is 67.3 Å². The maximum atomic E-state index is 11.4. The van der Waals surface area contributed by atoms with Crippen molar-refractivity contribution >= 4 is 33.7 Å². The minimum atomic E-state index is -0.151. The van der Waals surface area contributed by atoms with Crippen LogP contribution in [0.3, 0.4) is 0 Å². The van der Waals surface area contributed by atoms with Crippen molar-refractivity contribution in [2.45, 2.75) is 13.8 Å². The average molecular weight is 449 g/mol. The van der Waals surface area contributed by atoms with Crippen LogP contribution in [0.15, 0.2) is 61.6 Å². The van der Waals surface area contributed by atoms with Crippen molar-refractivity contribution in [1.29, 1.82) is 0 Å². The highest BCUT2D eigenvalue weighted by atomic mass is 16.1. The molecule has 6 aromatic heterocycles. The summed E-state index contributed by atoms with van der Waals surface area (Å²) in [5.74, 6) is -0.151. The average Bonchev–Trinajstić information content (AvgIpc) is 3.55. The first kappa shape index (κ1) is 19.8. The van der Waals surface area contributed by atoms with Gasteiger partial charge in [-0.15, -0.1) is 0 Å².